The van der Waals surface area contributed by atoms with Gasteiger partial charge in [-0.25, -0.2) is 4.79 Å². The SMILES string of the molecule is CC(C)[C@@H]1CC[C@@H](C)C[C@H]1OC(C(=O)O)[C@H]1c2c(ccc3c2ccc2ccccc23)CC[C@H]1Br. The molecular formula is C30H35BrO3. The fourth-order valence-corrected chi connectivity index (χ4v) is 7.29. The molecular weight excluding hydrogens is 488 g/mol. The number of halogens is 1. The molecule has 0 aromatic heterocycles. The van der Waals surface area contributed by atoms with Crippen LogP contribution in [-0.4, -0.2) is 28.1 Å². The summed E-state index contributed by atoms with van der Waals surface area (Å²) in [5.41, 5.74) is 2.42. The second-order valence-corrected chi connectivity index (χ2v) is 12.0. The Morgan fingerprint density at radius 1 is 1.00 bits per heavy atom. The highest BCUT2D eigenvalue weighted by Gasteiger charge is 2.43. The van der Waals surface area contributed by atoms with Gasteiger partial charge in [-0.05, 0) is 76.1 Å². The number of alkyl halides is 1. The lowest BCUT2D eigenvalue weighted by atomic mass is 9.74. The van der Waals surface area contributed by atoms with Crippen molar-refractivity contribution in [1.82, 2.24) is 0 Å². The maximum absolute atomic E-state index is 12.8. The number of benzene rings is 3. The highest BCUT2D eigenvalue weighted by Crippen LogP contribution is 2.46. The topological polar surface area (TPSA) is 46.5 Å². The summed E-state index contributed by atoms with van der Waals surface area (Å²) in [7, 11) is 0. The molecule has 0 spiro atoms. The summed E-state index contributed by atoms with van der Waals surface area (Å²) in [5, 5.41) is 15.3. The molecule has 0 aliphatic heterocycles. The Labute approximate surface area is 211 Å². The molecule has 2 aliphatic carbocycles. The van der Waals surface area contributed by atoms with Crippen molar-refractivity contribution in [2.75, 3.05) is 0 Å². The number of hydrogen-bond acceptors (Lipinski definition) is 2. The van der Waals surface area contributed by atoms with Gasteiger partial charge in [0.15, 0.2) is 6.10 Å². The number of aryl methyl sites for hydroxylation is 1. The van der Waals surface area contributed by atoms with Gasteiger partial charge in [0.25, 0.3) is 0 Å². The molecule has 1 N–H and O–H groups in total. The Hall–Kier alpha value is -1.91. The zero-order valence-corrected chi connectivity index (χ0v) is 21.9. The van der Waals surface area contributed by atoms with Gasteiger partial charge in [0, 0.05) is 10.7 Å². The van der Waals surface area contributed by atoms with Crippen molar-refractivity contribution < 1.29 is 14.6 Å². The highest BCUT2D eigenvalue weighted by atomic mass is 79.9. The van der Waals surface area contributed by atoms with E-state index in [2.05, 4.69) is 85.2 Å². The predicted octanol–water partition coefficient (Wildman–Crippen LogP) is 7.72. The Morgan fingerprint density at radius 3 is 2.53 bits per heavy atom. The van der Waals surface area contributed by atoms with Gasteiger partial charge in [-0.15, -0.1) is 0 Å². The first-order valence-corrected chi connectivity index (χ1v) is 13.7. The van der Waals surface area contributed by atoms with E-state index in [9.17, 15) is 9.90 Å². The zero-order chi connectivity index (χ0) is 24.0. The first-order valence-electron chi connectivity index (χ1n) is 12.8. The number of rotatable bonds is 5. The van der Waals surface area contributed by atoms with Gasteiger partial charge in [0.1, 0.15) is 0 Å². The molecule has 180 valence electrons. The number of aliphatic carboxylic acids is 1. The Morgan fingerprint density at radius 2 is 1.76 bits per heavy atom. The first kappa shape index (κ1) is 23.8. The van der Waals surface area contributed by atoms with Gasteiger partial charge in [-0.2, -0.15) is 0 Å². The van der Waals surface area contributed by atoms with E-state index in [1.807, 2.05) is 0 Å². The van der Waals surface area contributed by atoms with E-state index in [1.54, 1.807) is 0 Å². The van der Waals surface area contributed by atoms with Crippen LogP contribution in [0.3, 0.4) is 0 Å². The Bertz CT molecular complexity index is 1200. The number of carboxylic acid groups (broad SMARTS) is 1. The fraction of sp³-hybridized carbons (Fsp3) is 0.500. The van der Waals surface area contributed by atoms with Crippen LogP contribution < -0.4 is 0 Å². The zero-order valence-electron chi connectivity index (χ0n) is 20.3. The lowest BCUT2D eigenvalue weighted by Crippen LogP contribution is -2.44. The van der Waals surface area contributed by atoms with Crippen molar-refractivity contribution in [1.29, 1.82) is 0 Å². The molecule has 0 bridgehead atoms. The molecule has 34 heavy (non-hydrogen) atoms. The maximum atomic E-state index is 12.8. The summed E-state index contributed by atoms with van der Waals surface area (Å²) in [6, 6.07) is 17.2. The van der Waals surface area contributed by atoms with Crippen LogP contribution in [0.5, 0.6) is 0 Å². The van der Waals surface area contributed by atoms with Crippen LogP contribution in [0.25, 0.3) is 21.5 Å². The minimum absolute atomic E-state index is 0.00858. The molecule has 1 unspecified atom stereocenters. The van der Waals surface area contributed by atoms with Crippen LogP contribution in [0.2, 0.25) is 0 Å². The van der Waals surface area contributed by atoms with Crippen molar-refractivity contribution in [3.63, 3.8) is 0 Å². The number of ether oxygens (including phenoxy) is 1. The molecule has 0 radical (unpaired) electrons. The summed E-state index contributed by atoms with van der Waals surface area (Å²) in [6.45, 7) is 6.76. The smallest absolute Gasteiger partial charge is 0.333 e. The molecule has 1 saturated carbocycles. The van der Waals surface area contributed by atoms with E-state index in [4.69, 9.17) is 4.74 Å². The van der Waals surface area contributed by atoms with Crippen molar-refractivity contribution in [3.8, 4) is 0 Å². The van der Waals surface area contributed by atoms with Gasteiger partial charge in [0.2, 0.25) is 0 Å². The lowest BCUT2D eigenvalue weighted by molar-refractivity contribution is -0.163. The average molecular weight is 524 g/mol. The minimum atomic E-state index is -0.864. The summed E-state index contributed by atoms with van der Waals surface area (Å²) in [6.07, 6.45) is 4.25. The van der Waals surface area contributed by atoms with E-state index in [0.29, 0.717) is 17.8 Å². The predicted molar refractivity (Wildman–Crippen MR) is 143 cm³/mol. The van der Waals surface area contributed by atoms with Gasteiger partial charge in [0.05, 0.1) is 6.10 Å². The van der Waals surface area contributed by atoms with Crippen LogP contribution in [-0.2, 0) is 16.0 Å². The molecule has 3 nitrogen and oxygen atoms in total. The van der Waals surface area contributed by atoms with Crippen LogP contribution in [0.15, 0.2) is 48.5 Å². The van der Waals surface area contributed by atoms with Gasteiger partial charge in [-0.1, -0.05) is 91.7 Å². The summed E-state index contributed by atoms with van der Waals surface area (Å²) >= 11 is 3.91. The van der Waals surface area contributed by atoms with Crippen LogP contribution >= 0.6 is 15.9 Å². The van der Waals surface area contributed by atoms with Crippen molar-refractivity contribution in [3.05, 3.63) is 59.7 Å². The molecule has 5 rings (SSSR count). The second-order valence-electron chi connectivity index (χ2n) is 10.9. The van der Waals surface area contributed by atoms with Gasteiger partial charge >= 0.3 is 5.97 Å². The molecule has 0 amide bonds. The van der Waals surface area contributed by atoms with Crippen molar-refractivity contribution in [2.24, 2.45) is 17.8 Å². The van der Waals surface area contributed by atoms with E-state index in [0.717, 1.165) is 36.6 Å². The second kappa shape index (κ2) is 9.62. The van der Waals surface area contributed by atoms with Crippen molar-refractivity contribution >= 4 is 43.4 Å². The standard InChI is InChI=1S/C30H35BrO3/c1-17(2)21-12-8-18(3)16-26(21)34-29(30(32)33)28-25(31)15-11-20-10-13-23-22-7-5-4-6-19(22)9-14-24(23)27(20)28/h4-7,9-10,13-14,17-18,21,25-26,28-29H,8,11-12,15-16H2,1-3H3,(H,32,33)/t18-,21+,25-,26-,28-,29?/m1/s1. The van der Waals surface area contributed by atoms with Crippen LogP contribution in [0.1, 0.15) is 63.5 Å². The third-order valence-corrected chi connectivity index (χ3v) is 9.35. The number of hydrogen-bond donors (Lipinski definition) is 1. The number of carbonyl (C=O) groups is 1. The first-order chi connectivity index (χ1) is 16.3. The molecule has 0 saturated heterocycles. The van der Waals surface area contributed by atoms with Crippen LogP contribution in [0.4, 0.5) is 0 Å². The summed E-state index contributed by atoms with van der Waals surface area (Å²) in [4.78, 5) is 12.9. The van der Waals surface area contributed by atoms with E-state index in [-0.39, 0.29) is 16.8 Å². The van der Waals surface area contributed by atoms with E-state index < -0.39 is 12.1 Å². The lowest BCUT2D eigenvalue weighted by Gasteiger charge is -2.41. The molecule has 3 aromatic carbocycles. The van der Waals surface area contributed by atoms with Gasteiger partial charge < -0.3 is 9.84 Å². The Balaban J connectivity index is 1.61. The van der Waals surface area contributed by atoms with Crippen molar-refractivity contribution in [2.45, 2.75) is 75.8 Å². The Kier molecular flexibility index (Phi) is 6.74. The highest BCUT2D eigenvalue weighted by molar-refractivity contribution is 9.09. The average Bonchev–Trinajstić information content (AvgIpc) is 2.82. The monoisotopic (exact) mass is 522 g/mol. The number of carboxylic acids is 1. The maximum Gasteiger partial charge on any atom is 0.333 e. The van der Waals surface area contributed by atoms with E-state index in [1.165, 1.54) is 28.1 Å². The minimum Gasteiger partial charge on any atom is -0.479 e. The molecule has 6 atom stereocenters. The molecule has 1 fully saturated rings. The molecule has 2 aliphatic rings. The van der Waals surface area contributed by atoms with E-state index >= 15 is 0 Å². The summed E-state index contributed by atoms with van der Waals surface area (Å²) in [5.74, 6) is 0.390. The molecule has 4 heteroatoms. The fourth-order valence-electron chi connectivity index (χ4n) is 6.52. The third-order valence-electron chi connectivity index (χ3n) is 8.32. The summed E-state index contributed by atoms with van der Waals surface area (Å²) < 4.78 is 6.67. The quantitative estimate of drug-likeness (QED) is 0.275. The largest absolute Gasteiger partial charge is 0.479 e. The van der Waals surface area contributed by atoms with Gasteiger partial charge in [-0.3, -0.25) is 0 Å². The molecule has 3 aromatic rings. The normalized spacial score (nSPS) is 28.2. The number of fused-ring (bicyclic) bond motifs is 5. The van der Waals surface area contributed by atoms with Crippen LogP contribution in [0, 0.1) is 17.8 Å². The molecule has 0 heterocycles. The third kappa shape index (κ3) is 4.28.